The van der Waals surface area contributed by atoms with E-state index in [1.54, 1.807) is 0 Å². The quantitative estimate of drug-likeness (QED) is 0.736. The Morgan fingerprint density at radius 1 is 1.50 bits per heavy atom. The van der Waals surface area contributed by atoms with Crippen molar-refractivity contribution >= 4 is 22.6 Å². The van der Waals surface area contributed by atoms with Crippen LogP contribution in [0.5, 0.6) is 0 Å². The molecule has 0 heterocycles. The number of rotatable bonds is 6. The van der Waals surface area contributed by atoms with Gasteiger partial charge in [0, 0.05) is 18.5 Å². The second kappa shape index (κ2) is 6.89. The molecule has 12 heavy (non-hydrogen) atoms. The molecule has 1 unspecified atom stereocenters. The normalized spacial score (nSPS) is 13.4. The minimum atomic E-state index is 0.583. The van der Waals surface area contributed by atoms with Crippen molar-refractivity contribution in [2.75, 3.05) is 6.54 Å². The second-order valence-electron chi connectivity index (χ2n) is 3.50. The minimum Gasteiger partial charge on any atom is -0.314 e. The van der Waals surface area contributed by atoms with E-state index in [4.69, 9.17) is 0 Å². The van der Waals surface area contributed by atoms with Gasteiger partial charge in [-0.25, -0.2) is 0 Å². The number of nitrogens with one attached hydrogen (secondary N) is 1. The van der Waals surface area contributed by atoms with Gasteiger partial charge in [-0.1, -0.05) is 33.8 Å². The maximum atomic E-state index is 4.00. The average Bonchev–Trinajstić information content (AvgIpc) is 1.96. The molecule has 0 saturated heterocycles. The first-order chi connectivity index (χ1) is 5.57. The highest BCUT2D eigenvalue weighted by Crippen LogP contribution is 2.20. The molecular formula is C10H20IN. The molecular weight excluding hydrogens is 261 g/mol. The van der Waals surface area contributed by atoms with Gasteiger partial charge in [0.2, 0.25) is 0 Å². The van der Waals surface area contributed by atoms with Crippen molar-refractivity contribution in [1.82, 2.24) is 5.32 Å². The Bertz CT molecular complexity index is 132. The summed E-state index contributed by atoms with van der Waals surface area (Å²) in [7, 11) is 0. The first-order valence-corrected chi connectivity index (χ1v) is 5.73. The third kappa shape index (κ3) is 6.00. The van der Waals surface area contributed by atoms with Gasteiger partial charge in [-0.3, -0.25) is 0 Å². The highest BCUT2D eigenvalue weighted by atomic mass is 127. The molecule has 0 aromatic carbocycles. The summed E-state index contributed by atoms with van der Waals surface area (Å²) in [6.45, 7) is 11.7. The molecule has 0 rings (SSSR count). The molecule has 0 bridgehead atoms. The van der Waals surface area contributed by atoms with E-state index in [-0.39, 0.29) is 0 Å². The highest BCUT2D eigenvalue weighted by molar-refractivity contribution is 14.1. The maximum Gasteiger partial charge on any atom is 0.00267 e. The predicted molar refractivity (Wildman–Crippen MR) is 64.7 cm³/mol. The standard InChI is InChI=1S/C10H20IN/c1-5-6-10(9(4)11)7-12-8(2)3/h8,10,12H,4-7H2,1-3H3. The molecule has 0 aromatic heterocycles. The summed E-state index contributed by atoms with van der Waals surface area (Å²) in [5.74, 6) is 0.651. The van der Waals surface area contributed by atoms with Crippen LogP contribution in [0.15, 0.2) is 10.2 Å². The molecule has 2 heteroatoms. The van der Waals surface area contributed by atoms with Crippen molar-refractivity contribution in [3.05, 3.63) is 10.2 Å². The smallest absolute Gasteiger partial charge is 0.00267 e. The van der Waals surface area contributed by atoms with Crippen molar-refractivity contribution in [2.24, 2.45) is 5.92 Å². The fourth-order valence-corrected chi connectivity index (χ4v) is 1.63. The van der Waals surface area contributed by atoms with E-state index in [0.29, 0.717) is 12.0 Å². The van der Waals surface area contributed by atoms with E-state index >= 15 is 0 Å². The minimum absolute atomic E-state index is 0.583. The summed E-state index contributed by atoms with van der Waals surface area (Å²) in [5, 5.41) is 3.45. The molecule has 1 nitrogen and oxygen atoms in total. The molecule has 0 fully saturated rings. The topological polar surface area (TPSA) is 12.0 Å². The Kier molecular flexibility index (Phi) is 7.14. The van der Waals surface area contributed by atoms with Crippen LogP contribution in [0.1, 0.15) is 33.6 Å². The van der Waals surface area contributed by atoms with Crippen LogP contribution in [0.4, 0.5) is 0 Å². The van der Waals surface area contributed by atoms with Gasteiger partial charge in [0.15, 0.2) is 0 Å². The van der Waals surface area contributed by atoms with Crippen LogP contribution in [0.3, 0.4) is 0 Å². The molecule has 1 atom stereocenters. The van der Waals surface area contributed by atoms with Crippen molar-refractivity contribution in [1.29, 1.82) is 0 Å². The summed E-state index contributed by atoms with van der Waals surface area (Å²) < 4.78 is 1.28. The van der Waals surface area contributed by atoms with Crippen LogP contribution in [0.2, 0.25) is 0 Å². The molecule has 0 aliphatic rings. The van der Waals surface area contributed by atoms with E-state index in [1.165, 1.54) is 16.4 Å². The van der Waals surface area contributed by atoms with Gasteiger partial charge >= 0.3 is 0 Å². The lowest BCUT2D eigenvalue weighted by molar-refractivity contribution is 0.482. The Hall–Kier alpha value is 0.430. The van der Waals surface area contributed by atoms with E-state index in [1.807, 2.05) is 0 Å². The Labute approximate surface area is 90.1 Å². The van der Waals surface area contributed by atoms with Gasteiger partial charge in [-0.2, -0.15) is 0 Å². The Balaban J connectivity index is 3.71. The van der Waals surface area contributed by atoms with Gasteiger partial charge < -0.3 is 5.32 Å². The van der Waals surface area contributed by atoms with Gasteiger partial charge in [0.25, 0.3) is 0 Å². The largest absolute Gasteiger partial charge is 0.314 e. The first-order valence-electron chi connectivity index (χ1n) is 4.65. The summed E-state index contributed by atoms with van der Waals surface area (Å²) in [6, 6.07) is 0.583. The molecule has 0 radical (unpaired) electrons. The van der Waals surface area contributed by atoms with Crippen LogP contribution < -0.4 is 5.32 Å². The molecule has 72 valence electrons. The second-order valence-corrected chi connectivity index (χ2v) is 4.88. The molecule has 0 spiro atoms. The number of hydrogen-bond donors (Lipinski definition) is 1. The van der Waals surface area contributed by atoms with E-state index in [0.717, 1.165) is 6.54 Å². The van der Waals surface area contributed by atoms with E-state index in [2.05, 4.69) is 55.3 Å². The van der Waals surface area contributed by atoms with Gasteiger partial charge in [0.05, 0.1) is 0 Å². The SMILES string of the molecule is C=C(I)C(CCC)CNC(C)C. The van der Waals surface area contributed by atoms with E-state index in [9.17, 15) is 0 Å². The van der Waals surface area contributed by atoms with Crippen molar-refractivity contribution in [2.45, 2.75) is 39.7 Å². The monoisotopic (exact) mass is 281 g/mol. The van der Waals surface area contributed by atoms with Crippen LogP contribution >= 0.6 is 22.6 Å². The lowest BCUT2D eigenvalue weighted by atomic mass is 10.0. The predicted octanol–water partition coefficient (Wildman–Crippen LogP) is 3.35. The fourth-order valence-electron chi connectivity index (χ4n) is 1.10. The summed E-state index contributed by atoms with van der Waals surface area (Å²) >= 11 is 2.34. The highest BCUT2D eigenvalue weighted by Gasteiger charge is 2.09. The molecule has 0 amide bonds. The fraction of sp³-hybridized carbons (Fsp3) is 0.800. The average molecular weight is 281 g/mol. The van der Waals surface area contributed by atoms with Crippen LogP contribution in [-0.2, 0) is 0 Å². The zero-order valence-corrected chi connectivity index (χ0v) is 10.5. The molecule has 0 aliphatic heterocycles. The van der Waals surface area contributed by atoms with E-state index < -0.39 is 0 Å². The lowest BCUT2D eigenvalue weighted by Gasteiger charge is -2.17. The summed E-state index contributed by atoms with van der Waals surface area (Å²) in [6.07, 6.45) is 2.49. The molecule has 0 aliphatic carbocycles. The van der Waals surface area contributed by atoms with Crippen molar-refractivity contribution in [3.63, 3.8) is 0 Å². The number of hydrogen-bond acceptors (Lipinski definition) is 1. The Morgan fingerprint density at radius 2 is 2.08 bits per heavy atom. The molecule has 1 N–H and O–H groups in total. The van der Waals surface area contributed by atoms with Gasteiger partial charge in [0.1, 0.15) is 0 Å². The Morgan fingerprint density at radius 3 is 2.42 bits per heavy atom. The zero-order valence-electron chi connectivity index (χ0n) is 8.36. The molecule has 0 aromatic rings. The van der Waals surface area contributed by atoms with Crippen molar-refractivity contribution in [3.8, 4) is 0 Å². The zero-order chi connectivity index (χ0) is 9.56. The molecule has 0 saturated carbocycles. The maximum absolute atomic E-state index is 4.00. The van der Waals surface area contributed by atoms with Crippen molar-refractivity contribution < 1.29 is 0 Å². The van der Waals surface area contributed by atoms with Crippen LogP contribution in [-0.4, -0.2) is 12.6 Å². The third-order valence-electron chi connectivity index (χ3n) is 1.85. The summed E-state index contributed by atoms with van der Waals surface area (Å²) in [4.78, 5) is 0. The number of halogens is 1. The lowest BCUT2D eigenvalue weighted by Crippen LogP contribution is -2.28. The van der Waals surface area contributed by atoms with Crippen LogP contribution in [0, 0.1) is 5.92 Å². The first kappa shape index (κ1) is 12.4. The van der Waals surface area contributed by atoms with Gasteiger partial charge in [-0.15, -0.1) is 0 Å². The van der Waals surface area contributed by atoms with Gasteiger partial charge in [-0.05, 0) is 32.6 Å². The van der Waals surface area contributed by atoms with Crippen LogP contribution in [0.25, 0.3) is 0 Å². The summed E-state index contributed by atoms with van der Waals surface area (Å²) in [5.41, 5.74) is 0. The third-order valence-corrected chi connectivity index (χ3v) is 2.73.